The number of anilines is 2. The second-order valence-electron chi connectivity index (χ2n) is 7.19. The van der Waals surface area contributed by atoms with Crippen LogP contribution in [-0.2, 0) is 4.74 Å². The van der Waals surface area contributed by atoms with Gasteiger partial charge >= 0.3 is 5.97 Å². The fourth-order valence-corrected chi connectivity index (χ4v) is 3.73. The Kier molecular flexibility index (Phi) is 3.76. The number of ether oxygens (including phenoxy) is 1. The van der Waals surface area contributed by atoms with Crippen LogP contribution in [0.5, 0.6) is 0 Å². The van der Waals surface area contributed by atoms with E-state index >= 15 is 0 Å². The number of hydrogen-bond acceptors (Lipinski definition) is 5. The van der Waals surface area contributed by atoms with E-state index in [1.165, 1.54) is 7.11 Å². The Hall–Kier alpha value is -3.47. The number of fused-ring (bicyclic) bond motifs is 3. The number of nitrogens with one attached hydrogen (secondary N) is 1. The lowest BCUT2D eigenvalue weighted by Crippen LogP contribution is -2.08. The lowest BCUT2D eigenvalue weighted by molar-refractivity contribution is 0.0601. The summed E-state index contributed by atoms with van der Waals surface area (Å²) in [5.74, 6) is 0.502. The van der Waals surface area contributed by atoms with Crippen molar-refractivity contribution >= 4 is 23.3 Å². The van der Waals surface area contributed by atoms with Crippen LogP contribution in [0, 0.1) is 0 Å². The van der Waals surface area contributed by atoms with Crippen LogP contribution in [0.4, 0.5) is 11.5 Å². The van der Waals surface area contributed by atoms with E-state index in [9.17, 15) is 9.59 Å². The Morgan fingerprint density at radius 3 is 2.54 bits per heavy atom. The summed E-state index contributed by atoms with van der Waals surface area (Å²) in [4.78, 5) is 29.4. The van der Waals surface area contributed by atoms with Gasteiger partial charge in [0.25, 0.3) is 0 Å². The number of benzene rings is 2. The summed E-state index contributed by atoms with van der Waals surface area (Å²) in [7, 11) is 1.36. The van der Waals surface area contributed by atoms with Gasteiger partial charge in [-0.15, -0.1) is 0 Å². The second kappa shape index (κ2) is 6.30. The van der Waals surface area contributed by atoms with Gasteiger partial charge in [-0.2, -0.15) is 0 Å². The molecule has 1 saturated carbocycles. The second-order valence-corrected chi connectivity index (χ2v) is 7.19. The summed E-state index contributed by atoms with van der Waals surface area (Å²) in [5, 5.41) is 3.19. The monoisotopic (exact) mass is 370 g/mol. The molecule has 5 nitrogen and oxygen atoms in total. The van der Waals surface area contributed by atoms with Gasteiger partial charge in [0.15, 0.2) is 5.78 Å². The predicted octanol–water partition coefficient (Wildman–Crippen LogP) is 4.70. The van der Waals surface area contributed by atoms with Crippen LogP contribution in [0.3, 0.4) is 0 Å². The van der Waals surface area contributed by atoms with Crippen molar-refractivity contribution in [1.82, 2.24) is 4.98 Å². The van der Waals surface area contributed by atoms with E-state index in [-0.39, 0.29) is 5.78 Å². The molecule has 1 aromatic heterocycles. The maximum absolute atomic E-state index is 12.7. The first-order chi connectivity index (χ1) is 13.7. The van der Waals surface area contributed by atoms with E-state index in [2.05, 4.69) is 10.3 Å². The van der Waals surface area contributed by atoms with Crippen molar-refractivity contribution in [3.8, 4) is 11.1 Å². The standard InChI is InChI=1S/C23H18N2O3/c1-28-23(27)20-10-14(13-6-7-13)12-24-22(20)25-15-8-9-17-16-4-2-3-5-18(16)21(26)19(17)11-15/h2-5,8-13H,6-7H2,1H3,(H,24,25). The van der Waals surface area contributed by atoms with Gasteiger partial charge in [0, 0.05) is 23.0 Å². The Morgan fingerprint density at radius 2 is 1.79 bits per heavy atom. The van der Waals surface area contributed by atoms with Crippen LogP contribution in [0.15, 0.2) is 54.7 Å². The number of methoxy groups -OCH3 is 1. The lowest BCUT2D eigenvalue weighted by atomic mass is 10.1. The molecule has 0 amide bonds. The molecule has 0 bridgehead atoms. The molecule has 2 aliphatic carbocycles. The van der Waals surface area contributed by atoms with Gasteiger partial charge in [-0.25, -0.2) is 9.78 Å². The van der Waals surface area contributed by atoms with E-state index < -0.39 is 5.97 Å². The zero-order chi connectivity index (χ0) is 19.3. The van der Waals surface area contributed by atoms with Gasteiger partial charge in [-0.3, -0.25) is 4.79 Å². The van der Waals surface area contributed by atoms with E-state index in [1.54, 1.807) is 6.20 Å². The number of ketones is 1. The molecule has 5 heteroatoms. The number of aromatic nitrogens is 1. The van der Waals surface area contributed by atoms with Crippen LogP contribution in [-0.4, -0.2) is 23.8 Å². The van der Waals surface area contributed by atoms with E-state index in [0.29, 0.717) is 28.6 Å². The lowest BCUT2D eigenvalue weighted by Gasteiger charge is -2.12. The summed E-state index contributed by atoms with van der Waals surface area (Å²) in [6, 6.07) is 15.1. The Morgan fingerprint density at radius 1 is 1.04 bits per heavy atom. The number of carbonyl (C=O) groups excluding carboxylic acids is 2. The summed E-state index contributed by atoms with van der Waals surface area (Å²) in [5.41, 5.74) is 5.43. The van der Waals surface area contributed by atoms with Gasteiger partial charge in [0.2, 0.25) is 0 Å². The molecule has 0 atom stereocenters. The molecule has 2 aromatic carbocycles. The predicted molar refractivity (Wildman–Crippen MR) is 106 cm³/mol. The van der Waals surface area contributed by atoms with Crippen molar-refractivity contribution in [3.05, 3.63) is 77.0 Å². The number of esters is 1. The van der Waals surface area contributed by atoms with Gasteiger partial charge in [0.1, 0.15) is 11.4 Å². The topological polar surface area (TPSA) is 68.3 Å². The average molecular weight is 370 g/mol. The highest BCUT2D eigenvalue weighted by Gasteiger charge is 2.28. The minimum absolute atomic E-state index is 0.0134. The third kappa shape index (κ3) is 2.67. The number of rotatable bonds is 4. The van der Waals surface area contributed by atoms with Crippen molar-refractivity contribution < 1.29 is 14.3 Å². The molecule has 0 radical (unpaired) electrons. The first kappa shape index (κ1) is 16.7. The van der Waals surface area contributed by atoms with E-state index in [0.717, 1.165) is 35.1 Å². The molecule has 1 heterocycles. The molecular formula is C23H18N2O3. The van der Waals surface area contributed by atoms with Crippen LogP contribution in [0.25, 0.3) is 11.1 Å². The zero-order valence-electron chi connectivity index (χ0n) is 15.4. The third-order valence-electron chi connectivity index (χ3n) is 5.35. The Labute approximate surface area is 162 Å². The van der Waals surface area contributed by atoms with Gasteiger partial charge in [-0.05, 0) is 53.6 Å². The normalized spacial score (nSPS) is 14.4. The number of nitrogens with zero attached hydrogens (tertiary/aromatic N) is 1. The molecule has 5 rings (SSSR count). The fourth-order valence-electron chi connectivity index (χ4n) is 3.73. The summed E-state index contributed by atoms with van der Waals surface area (Å²) in [6.07, 6.45) is 4.06. The minimum Gasteiger partial charge on any atom is -0.465 e. The summed E-state index contributed by atoms with van der Waals surface area (Å²) < 4.78 is 4.93. The highest BCUT2D eigenvalue weighted by molar-refractivity contribution is 6.22. The molecule has 0 unspecified atom stereocenters. The molecular weight excluding hydrogens is 352 g/mol. The van der Waals surface area contributed by atoms with Crippen molar-refractivity contribution in [1.29, 1.82) is 0 Å². The Bertz CT molecular complexity index is 1130. The summed E-state index contributed by atoms with van der Waals surface area (Å²) >= 11 is 0. The van der Waals surface area contributed by atoms with E-state index in [1.807, 2.05) is 48.5 Å². The smallest absolute Gasteiger partial charge is 0.341 e. The first-order valence-corrected chi connectivity index (χ1v) is 9.29. The van der Waals surface area contributed by atoms with E-state index in [4.69, 9.17) is 4.74 Å². The van der Waals surface area contributed by atoms with Crippen LogP contribution < -0.4 is 5.32 Å². The van der Waals surface area contributed by atoms with Crippen molar-refractivity contribution in [3.63, 3.8) is 0 Å². The van der Waals surface area contributed by atoms with Crippen LogP contribution in [0.2, 0.25) is 0 Å². The molecule has 1 N–H and O–H groups in total. The average Bonchev–Trinajstić information content (AvgIpc) is 3.54. The fraction of sp³-hybridized carbons (Fsp3) is 0.174. The largest absolute Gasteiger partial charge is 0.465 e. The minimum atomic E-state index is -0.429. The first-order valence-electron chi connectivity index (χ1n) is 9.29. The third-order valence-corrected chi connectivity index (χ3v) is 5.35. The molecule has 0 aliphatic heterocycles. The molecule has 0 spiro atoms. The van der Waals surface area contributed by atoms with Crippen molar-refractivity contribution in [2.24, 2.45) is 0 Å². The molecule has 0 saturated heterocycles. The highest BCUT2D eigenvalue weighted by atomic mass is 16.5. The maximum Gasteiger partial charge on any atom is 0.341 e. The maximum atomic E-state index is 12.7. The van der Waals surface area contributed by atoms with Crippen molar-refractivity contribution in [2.75, 3.05) is 12.4 Å². The zero-order valence-corrected chi connectivity index (χ0v) is 15.4. The molecule has 3 aromatic rings. The SMILES string of the molecule is COC(=O)c1cc(C2CC2)cnc1Nc1ccc2c(c1)C(=O)c1ccccc1-2. The Balaban J connectivity index is 1.51. The van der Waals surface area contributed by atoms with Gasteiger partial charge < -0.3 is 10.1 Å². The quantitative estimate of drug-likeness (QED) is 0.527. The molecule has 2 aliphatic rings. The van der Waals surface area contributed by atoms with Crippen LogP contribution >= 0.6 is 0 Å². The van der Waals surface area contributed by atoms with Crippen molar-refractivity contribution in [2.45, 2.75) is 18.8 Å². The van der Waals surface area contributed by atoms with Gasteiger partial charge in [-0.1, -0.05) is 30.3 Å². The number of carbonyl (C=O) groups is 2. The highest BCUT2D eigenvalue weighted by Crippen LogP contribution is 2.41. The summed E-state index contributed by atoms with van der Waals surface area (Å²) in [6.45, 7) is 0. The number of pyridine rings is 1. The molecule has 28 heavy (non-hydrogen) atoms. The molecule has 1 fully saturated rings. The van der Waals surface area contributed by atoms with Crippen LogP contribution in [0.1, 0.15) is 50.6 Å². The number of hydrogen-bond donors (Lipinski definition) is 1. The van der Waals surface area contributed by atoms with Gasteiger partial charge in [0.05, 0.1) is 7.11 Å². The molecule has 138 valence electrons.